The van der Waals surface area contributed by atoms with Gasteiger partial charge in [-0.2, -0.15) is 0 Å². The van der Waals surface area contributed by atoms with Gasteiger partial charge in [0, 0.05) is 12.1 Å². The van der Waals surface area contributed by atoms with E-state index in [0.717, 1.165) is 12.2 Å². The lowest BCUT2D eigenvalue weighted by molar-refractivity contribution is 0.414. The molecule has 0 radical (unpaired) electrons. The summed E-state index contributed by atoms with van der Waals surface area (Å²) in [6, 6.07) is 9.46. The quantitative estimate of drug-likeness (QED) is 0.797. The van der Waals surface area contributed by atoms with Crippen molar-refractivity contribution in [2.75, 3.05) is 7.11 Å². The minimum Gasteiger partial charge on any atom is -0.497 e. The minimum absolute atomic E-state index is 0.561. The first-order valence-corrected chi connectivity index (χ1v) is 6.00. The topological polar surface area (TPSA) is 21.3 Å². The van der Waals surface area contributed by atoms with Gasteiger partial charge in [0.15, 0.2) is 0 Å². The van der Waals surface area contributed by atoms with Crippen LogP contribution in [0, 0.1) is 0 Å². The maximum absolute atomic E-state index is 5.14. The average Bonchev–Trinajstić information content (AvgIpc) is 2.26. The molecule has 0 aromatic heterocycles. The Balaban J connectivity index is 2.36. The lowest BCUT2D eigenvalue weighted by Gasteiger charge is -2.16. The summed E-state index contributed by atoms with van der Waals surface area (Å²) in [7, 11) is 1.70. The van der Waals surface area contributed by atoms with Crippen LogP contribution in [0.1, 0.15) is 32.8 Å². The van der Waals surface area contributed by atoms with Gasteiger partial charge >= 0.3 is 0 Å². The standard InChI is InChI=1S/C14H23NO/c1-11(2)15-12(3)5-6-13-7-9-14(16-4)10-8-13/h7-12,15H,5-6H2,1-4H3. The molecule has 0 saturated heterocycles. The zero-order chi connectivity index (χ0) is 12.0. The molecule has 16 heavy (non-hydrogen) atoms. The van der Waals surface area contributed by atoms with E-state index in [1.165, 1.54) is 12.0 Å². The van der Waals surface area contributed by atoms with Crippen LogP contribution in [0.25, 0.3) is 0 Å². The summed E-state index contributed by atoms with van der Waals surface area (Å²) in [5.74, 6) is 0.928. The summed E-state index contributed by atoms with van der Waals surface area (Å²) < 4.78 is 5.14. The van der Waals surface area contributed by atoms with E-state index in [1.54, 1.807) is 7.11 Å². The Morgan fingerprint density at radius 3 is 2.25 bits per heavy atom. The van der Waals surface area contributed by atoms with Gasteiger partial charge in [0.05, 0.1) is 7.11 Å². The average molecular weight is 221 g/mol. The van der Waals surface area contributed by atoms with Crippen LogP contribution >= 0.6 is 0 Å². The lowest BCUT2D eigenvalue weighted by Crippen LogP contribution is -2.32. The Kier molecular flexibility index (Phi) is 5.33. The van der Waals surface area contributed by atoms with Crippen molar-refractivity contribution in [3.63, 3.8) is 0 Å². The van der Waals surface area contributed by atoms with Crippen molar-refractivity contribution in [3.8, 4) is 5.75 Å². The third-order valence-electron chi connectivity index (χ3n) is 2.64. The van der Waals surface area contributed by atoms with E-state index >= 15 is 0 Å². The molecule has 0 bridgehead atoms. The fraction of sp³-hybridized carbons (Fsp3) is 0.571. The highest BCUT2D eigenvalue weighted by atomic mass is 16.5. The molecule has 1 unspecified atom stereocenters. The third kappa shape index (κ3) is 4.67. The van der Waals surface area contributed by atoms with Crippen molar-refractivity contribution in [2.45, 2.75) is 45.7 Å². The van der Waals surface area contributed by atoms with Gasteiger partial charge in [-0.3, -0.25) is 0 Å². The largest absolute Gasteiger partial charge is 0.497 e. The summed E-state index contributed by atoms with van der Waals surface area (Å²) in [5, 5.41) is 3.51. The zero-order valence-electron chi connectivity index (χ0n) is 10.8. The minimum atomic E-state index is 0.561. The first kappa shape index (κ1) is 13.0. The lowest BCUT2D eigenvalue weighted by atomic mass is 10.1. The van der Waals surface area contributed by atoms with Crippen LogP contribution in [0.3, 0.4) is 0 Å². The van der Waals surface area contributed by atoms with Crippen LogP contribution < -0.4 is 10.1 Å². The van der Waals surface area contributed by atoms with Gasteiger partial charge in [0.2, 0.25) is 0 Å². The van der Waals surface area contributed by atoms with E-state index < -0.39 is 0 Å². The molecule has 1 rings (SSSR count). The molecule has 1 N–H and O–H groups in total. The molecule has 1 aromatic rings. The smallest absolute Gasteiger partial charge is 0.118 e. The molecular weight excluding hydrogens is 198 g/mol. The molecule has 0 aliphatic rings. The van der Waals surface area contributed by atoms with E-state index in [1.807, 2.05) is 12.1 Å². The van der Waals surface area contributed by atoms with E-state index in [4.69, 9.17) is 4.74 Å². The third-order valence-corrected chi connectivity index (χ3v) is 2.64. The summed E-state index contributed by atoms with van der Waals surface area (Å²) in [5.41, 5.74) is 1.37. The molecule has 0 aliphatic carbocycles. The number of benzene rings is 1. The SMILES string of the molecule is COc1ccc(CCC(C)NC(C)C)cc1. The zero-order valence-corrected chi connectivity index (χ0v) is 10.8. The van der Waals surface area contributed by atoms with Gasteiger partial charge in [-0.15, -0.1) is 0 Å². The predicted molar refractivity (Wildman–Crippen MR) is 69.0 cm³/mol. The summed E-state index contributed by atoms with van der Waals surface area (Å²) in [6.45, 7) is 6.61. The Hall–Kier alpha value is -1.02. The number of aryl methyl sites for hydroxylation is 1. The highest BCUT2D eigenvalue weighted by Gasteiger charge is 2.03. The van der Waals surface area contributed by atoms with Gasteiger partial charge in [-0.25, -0.2) is 0 Å². The van der Waals surface area contributed by atoms with Crippen molar-refractivity contribution < 1.29 is 4.74 Å². The Morgan fingerprint density at radius 2 is 1.75 bits per heavy atom. The van der Waals surface area contributed by atoms with Crippen molar-refractivity contribution in [1.82, 2.24) is 5.32 Å². The van der Waals surface area contributed by atoms with Crippen LogP contribution in [0.5, 0.6) is 5.75 Å². The summed E-state index contributed by atoms with van der Waals surface area (Å²) in [6.07, 6.45) is 2.29. The molecule has 0 aliphatic heterocycles. The van der Waals surface area contributed by atoms with Crippen molar-refractivity contribution in [2.24, 2.45) is 0 Å². The Bertz CT molecular complexity index is 292. The molecular formula is C14H23NO. The maximum atomic E-state index is 5.14. The van der Waals surface area contributed by atoms with Crippen LogP contribution in [-0.2, 0) is 6.42 Å². The van der Waals surface area contributed by atoms with E-state index in [9.17, 15) is 0 Å². The molecule has 2 heteroatoms. The van der Waals surface area contributed by atoms with E-state index in [0.29, 0.717) is 12.1 Å². The predicted octanol–water partition coefficient (Wildman–Crippen LogP) is 3.01. The maximum Gasteiger partial charge on any atom is 0.118 e. The second-order valence-corrected chi connectivity index (χ2v) is 4.61. The number of nitrogens with one attached hydrogen (secondary N) is 1. The number of rotatable bonds is 6. The van der Waals surface area contributed by atoms with Gasteiger partial charge in [-0.05, 0) is 37.5 Å². The number of methoxy groups -OCH3 is 1. The molecule has 2 nitrogen and oxygen atoms in total. The van der Waals surface area contributed by atoms with Crippen molar-refractivity contribution >= 4 is 0 Å². The molecule has 0 heterocycles. The van der Waals surface area contributed by atoms with Crippen LogP contribution in [-0.4, -0.2) is 19.2 Å². The second kappa shape index (κ2) is 6.54. The van der Waals surface area contributed by atoms with Crippen molar-refractivity contribution in [3.05, 3.63) is 29.8 Å². The highest BCUT2D eigenvalue weighted by molar-refractivity contribution is 5.27. The van der Waals surface area contributed by atoms with E-state index in [-0.39, 0.29) is 0 Å². The van der Waals surface area contributed by atoms with Crippen LogP contribution in [0.4, 0.5) is 0 Å². The summed E-state index contributed by atoms with van der Waals surface area (Å²) in [4.78, 5) is 0. The highest BCUT2D eigenvalue weighted by Crippen LogP contribution is 2.13. The number of ether oxygens (including phenoxy) is 1. The first-order chi connectivity index (χ1) is 7.61. The molecule has 1 aromatic carbocycles. The summed E-state index contributed by atoms with van der Waals surface area (Å²) >= 11 is 0. The first-order valence-electron chi connectivity index (χ1n) is 6.00. The fourth-order valence-corrected chi connectivity index (χ4v) is 1.83. The number of hydrogen-bond donors (Lipinski definition) is 1. The molecule has 0 spiro atoms. The molecule has 90 valence electrons. The van der Waals surface area contributed by atoms with E-state index in [2.05, 4.69) is 38.2 Å². The van der Waals surface area contributed by atoms with Crippen LogP contribution in [0.2, 0.25) is 0 Å². The molecule has 1 atom stereocenters. The Labute approximate surface area is 99.0 Å². The van der Waals surface area contributed by atoms with Crippen LogP contribution in [0.15, 0.2) is 24.3 Å². The monoisotopic (exact) mass is 221 g/mol. The Morgan fingerprint density at radius 1 is 1.12 bits per heavy atom. The van der Waals surface area contributed by atoms with Crippen molar-refractivity contribution in [1.29, 1.82) is 0 Å². The molecule has 0 amide bonds. The fourth-order valence-electron chi connectivity index (χ4n) is 1.83. The molecule has 0 saturated carbocycles. The van der Waals surface area contributed by atoms with Gasteiger partial charge < -0.3 is 10.1 Å². The van der Waals surface area contributed by atoms with Gasteiger partial charge in [-0.1, -0.05) is 26.0 Å². The second-order valence-electron chi connectivity index (χ2n) is 4.61. The normalized spacial score (nSPS) is 12.8. The van der Waals surface area contributed by atoms with Gasteiger partial charge in [0.1, 0.15) is 5.75 Å². The number of hydrogen-bond acceptors (Lipinski definition) is 2. The van der Waals surface area contributed by atoms with Gasteiger partial charge in [0.25, 0.3) is 0 Å². The molecule has 0 fully saturated rings.